The molecule has 37 heavy (non-hydrogen) atoms. The van der Waals surface area contributed by atoms with E-state index < -0.39 is 15.8 Å². The molecule has 0 bridgehead atoms. The number of hydrogen-bond donors (Lipinski definition) is 4. The van der Waals surface area contributed by atoms with E-state index in [9.17, 15) is 12.8 Å². The van der Waals surface area contributed by atoms with Crippen molar-refractivity contribution >= 4 is 32.0 Å². The number of rotatable bonds is 6. The zero-order valence-electron chi connectivity index (χ0n) is 20.2. The minimum absolute atomic E-state index is 0.0103. The lowest BCUT2D eigenvalue weighted by Gasteiger charge is -2.22. The summed E-state index contributed by atoms with van der Waals surface area (Å²) in [7, 11) is -3.41. The van der Waals surface area contributed by atoms with Gasteiger partial charge < -0.3 is 10.3 Å². The molecule has 0 unspecified atom stereocenters. The first kappa shape index (κ1) is 23.7. The van der Waals surface area contributed by atoms with Crippen LogP contribution < -0.4 is 10.0 Å². The monoisotopic (exact) mass is 519 g/mol. The molecule has 190 valence electrons. The standard InChI is InChI=1S/C26H26FN7O2S/c1-37(35,36)31-13-15-8-17(10-19(27)9-15)24-20-12-23(32-22(20)4-7-29-24)25-21-11-18(14-30-26(21)34-33-25)16-2-5-28-6-3-16/h4,7-12,14,16,28,31-32H,2-3,5-6,13H2,1H3,(H,30,33,34). The van der Waals surface area contributed by atoms with Gasteiger partial charge in [-0.25, -0.2) is 22.5 Å². The summed E-state index contributed by atoms with van der Waals surface area (Å²) >= 11 is 0. The van der Waals surface area contributed by atoms with Crippen molar-refractivity contribution in [3.63, 3.8) is 0 Å². The Balaban J connectivity index is 1.40. The van der Waals surface area contributed by atoms with Gasteiger partial charge in [0.05, 0.1) is 17.6 Å². The molecule has 0 amide bonds. The minimum atomic E-state index is -3.41. The third-order valence-electron chi connectivity index (χ3n) is 6.82. The lowest BCUT2D eigenvalue weighted by atomic mass is 9.91. The number of halogens is 1. The number of aromatic amines is 2. The molecule has 1 fully saturated rings. The Kier molecular flexibility index (Phi) is 5.98. The fourth-order valence-corrected chi connectivity index (χ4v) is 5.45. The van der Waals surface area contributed by atoms with Crippen molar-refractivity contribution in [2.45, 2.75) is 25.3 Å². The minimum Gasteiger partial charge on any atom is -0.353 e. The zero-order valence-corrected chi connectivity index (χ0v) is 21.0. The molecule has 1 aromatic carbocycles. The van der Waals surface area contributed by atoms with E-state index in [2.05, 4.69) is 41.3 Å². The molecule has 1 saturated heterocycles. The highest BCUT2D eigenvalue weighted by molar-refractivity contribution is 7.88. The van der Waals surface area contributed by atoms with Crippen molar-refractivity contribution in [2.24, 2.45) is 0 Å². The van der Waals surface area contributed by atoms with Gasteiger partial charge in [-0.3, -0.25) is 10.1 Å². The normalized spacial score (nSPS) is 15.1. The van der Waals surface area contributed by atoms with Gasteiger partial charge in [-0.1, -0.05) is 0 Å². The number of H-pyrrole nitrogens is 2. The average molecular weight is 520 g/mol. The summed E-state index contributed by atoms with van der Waals surface area (Å²) in [6.07, 6.45) is 6.83. The second kappa shape index (κ2) is 9.33. The Morgan fingerprint density at radius 3 is 2.70 bits per heavy atom. The van der Waals surface area contributed by atoms with E-state index in [0.29, 0.717) is 22.7 Å². The lowest BCUT2D eigenvalue weighted by molar-refractivity contribution is 0.460. The molecule has 9 nitrogen and oxygen atoms in total. The number of hydrogen-bond acceptors (Lipinski definition) is 6. The molecular formula is C26H26FN7O2S. The number of nitrogens with zero attached hydrogens (tertiary/aromatic N) is 3. The van der Waals surface area contributed by atoms with E-state index in [1.54, 1.807) is 12.3 Å². The number of pyridine rings is 2. The second-order valence-corrected chi connectivity index (χ2v) is 11.3. The SMILES string of the molecule is CS(=O)(=O)NCc1cc(F)cc(-c2nccc3[nH]c(-c4n[nH]c5ncc(C6CCNCC6)cc45)cc23)c1. The molecule has 4 aromatic heterocycles. The number of sulfonamides is 1. The van der Waals surface area contributed by atoms with Crippen LogP contribution in [0, 0.1) is 5.82 Å². The van der Waals surface area contributed by atoms with Crippen LogP contribution in [0.15, 0.2) is 48.8 Å². The fourth-order valence-electron chi connectivity index (χ4n) is 5.02. The van der Waals surface area contributed by atoms with Gasteiger partial charge in [0, 0.05) is 40.8 Å². The van der Waals surface area contributed by atoms with E-state index in [0.717, 1.165) is 65.5 Å². The van der Waals surface area contributed by atoms with E-state index in [1.165, 1.54) is 17.7 Å². The first-order chi connectivity index (χ1) is 17.8. The number of nitrogens with one attached hydrogen (secondary N) is 4. The largest absolute Gasteiger partial charge is 0.353 e. The predicted octanol–water partition coefficient (Wildman–Crippen LogP) is 3.82. The third-order valence-corrected chi connectivity index (χ3v) is 7.49. The van der Waals surface area contributed by atoms with Crippen molar-refractivity contribution in [1.29, 1.82) is 0 Å². The molecule has 1 aliphatic heterocycles. The van der Waals surface area contributed by atoms with Crippen LogP contribution in [-0.4, -0.2) is 52.9 Å². The van der Waals surface area contributed by atoms with Crippen LogP contribution in [0.4, 0.5) is 4.39 Å². The Bertz CT molecular complexity index is 1720. The number of piperidine rings is 1. The predicted molar refractivity (Wildman–Crippen MR) is 141 cm³/mol. The Hall–Kier alpha value is -3.67. The quantitative estimate of drug-likeness (QED) is 0.270. The van der Waals surface area contributed by atoms with Gasteiger partial charge in [0.25, 0.3) is 0 Å². The Labute approximate surface area is 213 Å². The highest BCUT2D eigenvalue weighted by Crippen LogP contribution is 2.34. The maximum absolute atomic E-state index is 14.5. The molecule has 5 aromatic rings. The molecule has 11 heteroatoms. The van der Waals surface area contributed by atoms with Crippen LogP contribution in [0.5, 0.6) is 0 Å². The molecule has 1 aliphatic rings. The van der Waals surface area contributed by atoms with Crippen LogP contribution in [-0.2, 0) is 16.6 Å². The molecule has 6 rings (SSSR count). The Morgan fingerprint density at radius 2 is 1.89 bits per heavy atom. The van der Waals surface area contributed by atoms with Crippen molar-refractivity contribution in [1.82, 2.24) is 35.2 Å². The summed E-state index contributed by atoms with van der Waals surface area (Å²) in [5.41, 5.74) is 5.98. The molecule has 0 atom stereocenters. The van der Waals surface area contributed by atoms with Crippen LogP contribution in [0.3, 0.4) is 0 Å². The van der Waals surface area contributed by atoms with Crippen LogP contribution >= 0.6 is 0 Å². The van der Waals surface area contributed by atoms with Crippen molar-refractivity contribution in [3.05, 3.63) is 65.7 Å². The highest BCUT2D eigenvalue weighted by atomic mass is 32.2. The van der Waals surface area contributed by atoms with Crippen molar-refractivity contribution < 1.29 is 12.8 Å². The number of fused-ring (bicyclic) bond motifs is 2. The molecule has 4 N–H and O–H groups in total. The first-order valence-electron chi connectivity index (χ1n) is 12.1. The van der Waals surface area contributed by atoms with Gasteiger partial charge in [-0.2, -0.15) is 5.10 Å². The van der Waals surface area contributed by atoms with Gasteiger partial charge in [0.15, 0.2) is 5.65 Å². The Morgan fingerprint density at radius 1 is 1.05 bits per heavy atom. The maximum Gasteiger partial charge on any atom is 0.209 e. The van der Waals surface area contributed by atoms with E-state index in [4.69, 9.17) is 0 Å². The third kappa shape index (κ3) is 4.85. The summed E-state index contributed by atoms with van der Waals surface area (Å²) in [6.45, 7) is 2.00. The topological polar surface area (TPSA) is 128 Å². The molecule has 5 heterocycles. The van der Waals surface area contributed by atoms with Gasteiger partial charge in [0.1, 0.15) is 11.5 Å². The highest BCUT2D eigenvalue weighted by Gasteiger charge is 2.19. The van der Waals surface area contributed by atoms with E-state index in [1.807, 2.05) is 18.3 Å². The number of benzene rings is 1. The summed E-state index contributed by atoms with van der Waals surface area (Å²) in [6, 6.07) is 10.5. The van der Waals surface area contributed by atoms with Gasteiger partial charge in [-0.05, 0) is 79.4 Å². The van der Waals surface area contributed by atoms with Gasteiger partial charge in [-0.15, -0.1) is 0 Å². The van der Waals surface area contributed by atoms with E-state index in [-0.39, 0.29) is 6.54 Å². The number of aromatic nitrogens is 5. The maximum atomic E-state index is 14.5. The molecule has 0 aliphatic carbocycles. The van der Waals surface area contributed by atoms with E-state index >= 15 is 0 Å². The average Bonchev–Trinajstić information content (AvgIpc) is 3.51. The van der Waals surface area contributed by atoms with Crippen LogP contribution in [0.1, 0.15) is 29.9 Å². The summed E-state index contributed by atoms with van der Waals surface area (Å²) in [4.78, 5) is 12.6. The first-order valence-corrected chi connectivity index (χ1v) is 14.0. The van der Waals surface area contributed by atoms with Crippen LogP contribution in [0.25, 0.3) is 44.6 Å². The smallest absolute Gasteiger partial charge is 0.209 e. The molecule has 0 spiro atoms. The molecule has 0 radical (unpaired) electrons. The van der Waals surface area contributed by atoms with Crippen molar-refractivity contribution in [3.8, 4) is 22.6 Å². The van der Waals surface area contributed by atoms with Crippen LogP contribution in [0.2, 0.25) is 0 Å². The fraction of sp³-hybridized carbons (Fsp3) is 0.269. The summed E-state index contributed by atoms with van der Waals surface area (Å²) in [5.74, 6) is 0.00551. The van der Waals surface area contributed by atoms with Crippen molar-refractivity contribution in [2.75, 3.05) is 19.3 Å². The molecule has 0 saturated carbocycles. The summed E-state index contributed by atoms with van der Waals surface area (Å²) in [5, 5.41) is 12.7. The second-order valence-electron chi connectivity index (χ2n) is 9.51. The molecular weight excluding hydrogens is 493 g/mol. The zero-order chi connectivity index (χ0) is 25.6. The van der Waals surface area contributed by atoms with Gasteiger partial charge in [0.2, 0.25) is 10.0 Å². The lowest BCUT2D eigenvalue weighted by Crippen LogP contribution is -2.26. The summed E-state index contributed by atoms with van der Waals surface area (Å²) < 4.78 is 39.9. The van der Waals surface area contributed by atoms with Gasteiger partial charge >= 0.3 is 0 Å².